The number of benzene rings is 1. The van der Waals surface area contributed by atoms with Crippen LogP contribution in [0.2, 0.25) is 0 Å². The van der Waals surface area contributed by atoms with Crippen LogP contribution in [0.5, 0.6) is 0 Å². The summed E-state index contributed by atoms with van der Waals surface area (Å²) in [4.78, 5) is 11.6. The fourth-order valence-corrected chi connectivity index (χ4v) is 1.65. The van der Waals surface area contributed by atoms with Crippen molar-refractivity contribution in [3.05, 3.63) is 30.5 Å². The van der Waals surface area contributed by atoms with E-state index in [1.54, 1.807) is 0 Å². The number of ether oxygens (including phenoxy) is 1. The minimum Gasteiger partial charge on any atom is -0.463 e. The molecule has 18 heavy (non-hydrogen) atoms. The minimum absolute atomic E-state index is 0.182. The van der Waals surface area contributed by atoms with Gasteiger partial charge in [-0.2, -0.15) is 5.10 Å². The maximum absolute atomic E-state index is 11.6. The Kier molecular flexibility index (Phi) is 3.36. The molecule has 1 aromatic carbocycles. The standard InChI is InChI=1S/C14H18N2O2/c1-14(2,3)13(17)18-9-8-16-12-7-5-4-6-11(12)10-15-16/h4-7,10H,8-9H2,1-3H3. The van der Waals surface area contributed by atoms with Gasteiger partial charge in [0.15, 0.2) is 0 Å². The molecule has 0 aliphatic rings. The lowest BCUT2D eigenvalue weighted by Gasteiger charge is -2.16. The lowest BCUT2D eigenvalue weighted by atomic mass is 9.97. The highest BCUT2D eigenvalue weighted by Crippen LogP contribution is 2.16. The number of aromatic nitrogens is 2. The Balaban J connectivity index is 1.97. The van der Waals surface area contributed by atoms with Gasteiger partial charge in [0.2, 0.25) is 0 Å². The van der Waals surface area contributed by atoms with Crippen LogP contribution in [0.4, 0.5) is 0 Å². The van der Waals surface area contributed by atoms with Crippen LogP contribution in [0.15, 0.2) is 30.5 Å². The molecule has 0 atom stereocenters. The van der Waals surface area contributed by atoms with Crippen LogP contribution in [-0.4, -0.2) is 22.4 Å². The first kappa shape index (κ1) is 12.6. The normalized spacial score (nSPS) is 11.7. The van der Waals surface area contributed by atoms with Gasteiger partial charge in [-0.3, -0.25) is 9.48 Å². The van der Waals surface area contributed by atoms with Gasteiger partial charge in [0.1, 0.15) is 6.61 Å². The predicted octanol–water partition coefficient (Wildman–Crippen LogP) is 2.63. The smallest absolute Gasteiger partial charge is 0.311 e. The number of hydrogen-bond donors (Lipinski definition) is 0. The molecule has 0 spiro atoms. The lowest BCUT2D eigenvalue weighted by Crippen LogP contribution is -2.24. The van der Waals surface area contributed by atoms with Crippen molar-refractivity contribution in [2.45, 2.75) is 27.3 Å². The van der Waals surface area contributed by atoms with Gasteiger partial charge in [-0.05, 0) is 26.8 Å². The van der Waals surface area contributed by atoms with Crippen molar-refractivity contribution in [3.8, 4) is 0 Å². The first-order valence-corrected chi connectivity index (χ1v) is 6.06. The van der Waals surface area contributed by atoms with Gasteiger partial charge >= 0.3 is 5.97 Å². The third kappa shape index (κ3) is 2.70. The molecule has 2 aromatic rings. The quantitative estimate of drug-likeness (QED) is 0.782. The molecule has 1 aromatic heterocycles. The summed E-state index contributed by atoms with van der Waals surface area (Å²) in [6.45, 7) is 6.47. The molecule has 0 fully saturated rings. The Morgan fingerprint density at radius 3 is 2.78 bits per heavy atom. The van der Waals surface area contributed by atoms with Crippen molar-refractivity contribution in [1.82, 2.24) is 9.78 Å². The molecule has 1 heterocycles. The highest BCUT2D eigenvalue weighted by Gasteiger charge is 2.22. The Bertz CT molecular complexity index is 552. The number of hydrogen-bond acceptors (Lipinski definition) is 3. The van der Waals surface area contributed by atoms with E-state index in [0.717, 1.165) is 10.9 Å². The summed E-state index contributed by atoms with van der Waals surface area (Å²) in [6.07, 6.45) is 1.82. The van der Waals surface area contributed by atoms with E-state index in [0.29, 0.717) is 13.2 Å². The number of carbonyl (C=O) groups is 1. The largest absolute Gasteiger partial charge is 0.463 e. The average Bonchev–Trinajstić information content (AvgIpc) is 2.71. The SMILES string of the molecule is CC(C)(C)C(=O)OCCn1ncc2ccccc21. The molecule has 0 N–H and O–H groups in total. The maximum Gasteiger partial charge on any atom is 0.311 e. The molecule has 2 rings (SSSR count). The highest BCUT2D eigenvalue weighted by atomic mass is 16.5. The van der Waals surface area contributed by atoms with Gasteiger partial charge in [-0.1, -0.05) is 18.2 Å². The van der Waals surface area contributed by atoms with E-state index < -0.39 is 5.41 Å². The van der Waals surface area contributed by atoms with E-state index in [1.807, 2.05) is 55.9 Å². The topological polar surface area (TPSA) is 44.1 Å². The molecule has 4 heteroatoms. The molecule has 0 unspecified atom stereocenters. The lowest BCUT2D eigenvalue weighted by molar-refractivity contribution is -0.153. The first-order chi connectivity index (χ1) is 8.48. The summed E-state index contributed by atoms with van der Waals surface area (Å²) in [7, 11) is 0. The van der Waals surface area contributed by atoms with Gasteiger partial charge in [-0.25, -0.2) is 0 Å². The van der Waals surface area contributed by atoms with Crippen LogP contribution >= 0.6 is 0 Å². The molecular formula is C14H18N2O2. The predicted molar refractivity (Wildman–Crippen MR) is 70.1 cm³/mol. The summed E-state index contributed by atoms with van der Waals surface area (Å²) < 4.78 is 7.08. The number of fused-ring (bicyclic) bond motifs is 1. The summed E-state index contributed by atoms with van der Waals surface area (Å²) in [5.41, 5.74) is 0.607. The van der Waals surface area contributed by atoms with Crippen molar-refractivity contribution < 1.29 is 9.53 Å². The zero-order valence-corrected chi connectivity index (χ0v) is 11.0. The molecule has 0 radical (unpaired) electrons. The van der Waals surface area contributed by atoms with Gasteiger partial charge in [0.25, 0.3) is 0 Å². The second-order valence-electron chi connectivity index (χ2n) is 5.31. The van der Waals surface area contributed by atoms with E-state index in [1.165, 1.54) is 0 Å². The Labute approximate surface area is 107 Å². The molecule has 0 amide bonds. The Hall–Kier alpha value is -1.84. The van der Waals surface area contributed by atoms with Crippen molar-refractivity contribution >= 4 is 16.9 Å². The molecular weight excluding hydrogens is 228 g/mol. The third-order valence-corrected chi connectivity index (χ3v) is 2.70. The Morgan fingerprint density at radius 2 is 2.06 bits per heavy atom. The Morgan fingerprint density at radius 1 is 1.33 bits per heavy atom. The molecule has 4 nitrogen and oxygen atoms in total. The minimum atomic E-state index is -0.452. The summed E-state index contributed by atoms with van der Waals surface area (Å²) in [5, 5.41) is 5.38. The van der Waals surface area contributed by atoms with E-state index in [9.17, 15) is 4.79 Å². The zero-order chi connectivity index (χ0) is 13.2. The molecule has 0 bridgehead atoms. The third-order valence-electron chi connectivity index (χ3n) is 2.70. The van der Waals surface area contributed by atoms with E-state index in [4.69, 9.17) is 4.74 Å². The molecule has 0 aliphatic carbocycles. The number of esters is 1. The van der Waals surface area contributed by atoms with Crippen LogP contribution in [0.25, 0.3) is 10.9 Å². The molecule has 0 saturated heterocycles. The zero-order valence-electron chi connectivity index (χ0n) is 11.0. The molecule has 0 aliphatic heterocycles. The number of rotatable bonds is 3. The fraction of sp³-hybridized carbons (Fsp3) is 0.429. The second-order valence-corrected chi connectivity index (χ2v) is 5.31. The summed E-state index contributed by atoms with van der Waals surface area (Å²) in [6, 6.07) is 7.98. The fourth-order valence-electron chi connectivity index (χ4n) is 1.65. The summed E-state index contributed by atoms with van der Waals surface area (Å²) >= 11 is 0. The van der Waals surface area contributed by atoms with Crippen LogP contribution in [-0.2, 0) is 16.1 Å². The van der Waals surface area contributed by atoms with Crippen molar-refractivity contribution in [3.63, 3.8) is 0 Å². The number of para-hydroxylation sites is 1. The van der Waals surface area contributed by atoms with Crippen LogP contribution in [0.3, 0.4) is 0 Å². The van der Waals surface area contributed by atoms with Crippen molar-refractivity contribution in [1.29, 1.82) is 0 Å². The van der Waals surface area contributed by atoms with E-state index in [-0.39, 0.29) is 5.97 Å². The second kappa shape index (κ2) is 4.80. The average molecular weight is 246 g/mol. The monoisotopic (exact) mass is 246 g/mol. The highest BCUT2D eigenvalue weighted by molar-refractivity contribution is 5.78. The van der Waals surface area contributed by atoms with Gasteiger partial charge in [0, 0.05) is 5.39 Å². The van der Waals surface area contributed by atoms with Gasteiger partial charge < -0.3 is 4.74 Å². The molecule has 96 valence electrons. The summed E-state index contributed by atoms with van der Waals surface area (Å²) in [5.74, 6) is -0.182. The van der Waals surface area contributed by atoms with Gasteiger partial charge in [-0.15, -0.1) is 0 Å². The van der Waals surface area contributed by atoms with E-state index >= 15 is 0 Å². The van der Waals surface area contributed by atoms with Crippen molar-refractivity contribution in [2.75, 3.05) is 6.61 Å². The molecule has 0 saturated carbocycles. The van der Waals surface area contributed by atoms with Crippen LogP contribution in [0.1, 0.15) is 20.8 Å². The van der Waals surface area contributed by atoms with Crippen molar-refractivity contribution in [2.24, 2.45) is 5.41 Å². The maximum atomic E-state index is 11.6. The number of carbonyl (C=O) groups excluding carboxylic acids is 1. The first-order valence-electron chi connectivity index (χ1n) is 6.06. The van der Waals surface area contributed by atoms with Crippen LogP contribution < -0.4 is 0 Å². The number of nitrogens with zero attached hydrogens (tertiary/aromatic N) is 2. The van der Waals surface area contributed by atoms with Gasteiger partial charge in [0.05, 0.1) is 23.7 Å². The van der Waals surface area contributed by atoms with E-state index in [2.05, 4.69) is 5.10 Å². The van der Waals surface area contributed by atoms with Crippen LogP contribution in [0, 0.1) is 5.41 Å².